The third-order valence-corrected chi connectivity index (χ3v) is 2.59. The molecule has 2 rings (SSSR count). The second-order valence-corrected chi connectivity index (χ2v) is 3.68. The maximum Gasteiger partial charge on any atom is 0.123 e. The topological polar surface area (TPSA) is 12.0 Å². The smallest absolute Gasteiger partial charge is 0.123 e. The number of hydrogen-bond donors (Lipinski definition) is 1. The molecule has 3 heteroatoms. The molecule has 1 aliphatic rings. The van der Waals surface area contributed by atoms with Gasteiger partial charge >= 0.3 is 0 Å². The molecule has 1 fully saturated rings. The Hall–Kier alpha value is -0.960. The molecule has 1 nitrogen and oxygen atoms in total. The van der Waals surface area contributed by atoms with Gasteiger partial charge in [0.15, 0.2) is 0 Å². The van der Waals surface area contributed by atoms with Gasteiger partial charge in [-0.3, -0.25) is 0 Å². The van der Waals surface area contributed by atoms with Crippen molar-refractivity contribution in [1.29, 1.82) is 0 Å². The van der Waals surface area contributed by atoms with Crippen LogP contribution >= 0.6 is 0 Å². The van der Waals surface area contributed by atoms with Crippen LogP contribution in [-0.2, 0) is 0 Å². The summed E-state index contributed by atoms with van der Waals surface area (Å²) in [6.07, 6.45) is 0.249. The third-order valence-electron chi connectivity index (χ3n) is 2.59. The molecule has 1 heterocycles. The number of nitrogens with one attached hydrogen (secondary N) is 1. The summed E-state index contributed by atoms with van der Waals surface area (Å²) in [5, 5.41) is 3.19. The first kappa shape index (κ1) is 9.59. The molecule has 0 saturated carbocycles. The second-order valence-electron chi connectivity index (χ2n) is 3.68. The largest absolute Gasteiger partial charge is 0.310 e. The molecule has 14 heavy (non-hydrogen) atoms. The van der Waals surface area contributed by atoms with Gasteiger partial charge in [-0.25, -0.2) is 8.78 Å². The molecular weight excluding hydrogens is 184 g/mol. The fraction of sp³-hybridized carbons (Fsp3) is 0.455. The summed E-state index contributed by atoms with van der Waals surface area (Å²) in [6, 6.07) is 6.33. The van der Waals surface area contributed by atoms with E-state index in [1.807, 2.05) is 6.07 Å². The lowest BCUT2D eigenvalue weighted by molar-refractivity contribution is 0.224. The Kier molecular flexibility index (Phi) is 2.77. The van der Waals surface area contributed by atoms with E-state index in [1.165, 1.54) is 12.1 Å². The Morgan fingerprint density at radius 1 is 1.36 bits per heavy atom. The molecule has 2 atom stereocenters. The van der Waals surface area contributed by atoms with Crippen molar-refractivity contribution in [2.45, 2.75) is 25.1 Å². The zero-order chi connectivity index (χ0) is 9.97. The van der Waals surface area contributed by atoms with Gasteiger partial charge < -0.3 is 5.32 Å². The van der Waals surface area contributed by atoms with E-state index in [0.717, 1.165) is 5.56 Å². The fourth-order valence-electron chi connectivity index (χ4n) is 1.85. The van der Waals surface area contributed by atoms with Crippen LogP contribution in [0.1, 0.15) is 24.4 Å². The van der Waals surface area contributed by atoms with Crippen LogP contribution in [0.25, 0.3) is 0 Å². The van der Waals surface area contributed by atoms with E-state index in [-0.39, 0.29) is 11.9 Å². The lowest BCUT2D eigenvalue weighted by atomic mass is 9.96. The Balaban J connectivity index is 2.14. The molecule has 0 bridgehead atoms. The van der Waals surface area contributed by atoms with Crippen molar-refractivity contribution in [3.8, 4) is 0 Å². The first-order valence-electron chi connectivity index (χ1n) is 4.88. The van der Waals surface area contributed by atoms with Gasteiger partial charge in [0.1, 0.15) is 12.0 Å². The van der Waals surface area contributed by atoms with Gasteiger partial charge in [0.2, 0.25) is 0 Å². The Morgan fingerprint density at radius 2 is 2.21 bits per heavy atom. The van der Waals surface area contributed by atoms with Gasteiger partial charge in [-0.1, -0.05) is 12.1 Å². The Labute approximate surface area is 82.1 Å². The molecule has 0 radical (unpaired) electrons. The van der Waals surface area contributed by atoms with Crippen LogP contribution in [-0.4, -0.2) is 12.7 Å². The summed E-state index contributed by atoms with van der Waals surface area (Å²) >= 11 is 0. The average Bonchev–Trinajstić information content (AvgIpc) is 2.18. The monoisotopic (exact) mass is 197 g/mol. The van der Waals surface area contributed by atoms with Gasteiger partial charge in [-0.15, -0.1) is 0 Å². The fourth-order valence-corrected chi connectivity index (χ4v) is 1.85. The Morgan fingerprint density at radius 3 is 2.93 bits per heavy atom. The highest BCUT2D eigenvalue weighted by atomic mass is 19.1. The molecule has 0 spiro atoms. The minimum atomic E-state index is -0.760. The first-order valence-corrected chi connectivity index (χ1v) is 4.88. The summed E-state index contributed by atoms with van der Waals surface area (Å²) in [6.45, 7) is 0.669. The highest BCUT2D eigenvalue weighted by molar-refractivity contribution is 5.20. The second kappa shape index (κ2) is 4.05. The summed E-state index contributed by atoms with van der Waals surface area (Å²) in [7, 11) is 0. The molecule has 2 unspecified atom stereocenters. The number of hydrogen-bond acceptors (Lipinski definition) is 1. The van der Waals surface area contributed by atoms with Gasteiger partial charge in [0.25, 0.3) is 0 Å². The number of benzene rings is 1. The lowest BCUT2D eigenvalue weighted by Crippen LogP contribution is -2.32. The molecule has 76 valence electrons. The normalized spacial score (nSPS) is 27.6. The zero-order valence-corrected chi connectivity index (χ0v) is 7.84. The maximum absolute atomic E-state index is 13.1. The van der Waals surface area contributed by atoms with E-state index in [9.17, 15) is 8.78 Å². The van der Waals surface area contributed by atoms with Crippen LogP contribution in [0.3, 0.4) is 0 Å². The van der Waals surface area contributed by atoms with Gasteiger partial charge in [-0.05, 0) is 37.1 Å². The van der Waals surface area contributed by atoms with E-state index >= 15 is 0 Å². The van der Waals surface area contributed by atoms with E-state index in [2.05, 4.69) is 5.32 Å². The SMILES string of the molecule is Fc1cccc(C2CC(F)CCN2)c1. The number of piperidine rings is 1. The van der Waals surface area contributed by atoms with E-state index in [0.29, 0.717) is 19.4 Å². The number of rotatable bonds is 1. The van der Waals surface area contributed by atoms with Crippen molar-refractivity contribution >= 4 is 0 Å². The molecule has 0 aromatic heterocycles. The number of alkyl halides is 1. The number of halogens is 2. The Bertz CT molecular complexity index is 314. The minimum absolute atomic E-state index is 0.0329. The zero-order valence-electron chi connectivity index (χ0n) is 7.84. The highest BCUT2D eigenvalue weighted by Gasteiger charge is 2.22. The van der Waals surface area contributed by atoms with Crippen LogP contribution in [0.15, 0.2) is 24.3 Å². The molecule has 0 aliphatic carbocycles. The molecule has 0 amide bonds. The van der Waals surface area contributed by atoms with Crippen molar-refractivity contribution in [2.75, 3.05) is 6.54 Å². The van der Waals surface area contributed by atoms with Crippen molar-refractivity contribution in [3.63, 3.8) is 0 Å². The van der Waals surface area contributed by atoms with Crippen LogP contribution < -0.4 is 5.32 Å². The minimum Gasteiger partial charge on any atom is -0.310 e. The highest BCUT2D eigenvalue weighted by Crippen LogP contribution is 2.25. The molecule has 1 aliphatic heterocycles. The summed E-state index contributed by atoms with van der Waals surface area (Å²) in [5.74, 6) is -0.259. The predicted molar refractivity (Wildman–Crippen MR) is 51.3 cm³/mol. The van der Waals surface area contributed by atoms with Crippen molar-refractivity contribution in [1.82, 2.24) is 5.32 Å². The quantitative estimate of drug-likeness (QED) is 0.729. The predicted octanol–water partition coefficient (Wildman–Crippen LogP) is 2.59. The van der Waals surface area contributed by atoms with Crippen molar-refractivity contribution < 1.29 is 8.78 Å². The van der Waals surface area contributed by atoms with Crippen molar-refractivity contribution in [2.24, 2.45) is 0 Å². The van der Waals surface area contributed by atoms with E-state index in [4.69, 9.17) is 0 Å². The molecule has 1 saturated heterocycles. The summed E-state index contributed by atoms with van der Waals surface area (Å²) < 4.78 is 26.0. The summed E-state index contributed by atoms with van der Waals surface area (Å²) in [5.41, 5.74) is 0.840. The van der Waals surface area contributed by atoms with E-state index < -0.39 is 6.17 Å². The van der Waals surface area contributed by atoms with E-state index in [1.54, 1.807) is 6.07 Å². The molecule has 1 aromatic carbocycles. The van der Waals surface area contributed by atoms with Crippen LogP contribution in [0.4, 0.5) is 8.78 Å². The van der Waals surface area contributed by atoms with Gasteiger partial charge in [0.05, 0.1) is 0 Å². The van der Waals surface area contributed by atoms with Gasteiger partial charge in [-0.2, -0.15) is 0 Å². The van der Waals surface area contributed by atoms with Gasteiger partial charge in [0, 0.05) is 6.04 Å². The molecule has 1 aromatic rings. The van der Waals surface area contributed by atoms with Crippen LogP contribution in [0.5, 0.6) is 0 Å². The van der Waals surface area contributed by atoms with Crippen molar-refractivity contribution in [3.05, 3.63) is 35.6 Å². The van der Waals surface area contributed by atoms with Crippen LogP contribution in [0, 0.1) is 5.82 Å². The third kappa shape index (κ3) is 2.10. The maximum atomic E-state index is 13.1. The molecular formula is C11H13F2N. The summed E-state index contributed by atoms with van der Waals surface area (Å²) in [4.78, 5) is 0. The molecule has 1 N–H and O–H groups in total. The lowest BCUT2D eigenvalue weighted by Gasteiger charge is -2.26. The average molecular weight is 197 g/mol. The van der Waals surface area contributed by atoms with Crippen LogP contribution in [0.2, 0.25) is 0 Å². The first-order chi connectivity index (χ1) is 6.75. The standard InChI is InChI=1S/C11H13F2N/c12-9-3-1-2-8(6-9)11-7-10(13)4-5-14-11/h1-3,6,10-11,14H,4-5,7H2.